The summed E-state index contributed by atoms with van der Waals surface area (Å²) in [5.74, 6) is -0.0578. The van der Waals surface area contributed by atoms with Crippen LogP contribution in [0.1, 0.15) is 29.0 Å². The highest BCUT2D eigenvalue weighted by molar-refractivity contribution is 7.10. The van der Waals surface area contributed by atoms with Gasteiger partial charge in [0.15, 0.2) is 0 Å². The summed E-state index contributed by atoms with van der Waals surface area (Å²) in [6.07, 6.45) is 1.11. The number of hydrogen-bond acceptors (Lipinski definition) is 6. The van der Waals surface area contributed by atoms with Crippen molar-refractivity contribution < 1.29 is 14.3 Å². The van der Waals surface area contributed by atoms with E-state index in [2.05, 4.69) is 4.74 Å². The van der Waals surface area contributed by atoms with Crippen molar-refractivity contribution in [1.29, 1.82) is 0 Å². The SMILES string of the molecule is NC(=O)OCCCC[C@H](N)C(=O)N(Cc1cccs1)Cc1cccs1. The van der Waals surface area contributed by atoms with Crippen LogP contribution in [0.25, 0.3) is 0 Å². The Labute approximate surface area is 155 Å². The van der Waals surface area contributed by atoms with E-state index in [0.717, 1.165) is 9.75 Å². The van der Waals surface area contributed by atoms with Crippen molar-refractivity contribution in [3.05, 3.63) is 44.8 Å². The maximum atomic E-state index is 12.8. The molecule has 2 rings (SSSR count). The van der Waals surface area contributed by atoms with Crippen LogP contribution in [0.15, 0.2) is 35.0 Å². The molecule has 0 spiro atoms. The molecule has 136 valence electrons. The van der Waals surface area contributed by atoms with Gasteiger partial charge in [0.1, 0.15) is 0 Å². The van der Waals surface area contributed by atoms with Crippen LogP contribution in [0.5, 0.6) is 0 Å². The zero-order valence-electron chi connectivity index (χ0n) is 13.9. The van der Waals surface area contributed by atoms with Gasteiger partial charge in [-0.1, -0.05) is 12.1 Å². The van der Waals surface area contributed by atoms with Crippen LogP contribution in [0.4, 0.5) is 4.79 Å². The number of ether oxygens (including phenoxy) is 1. The van der Waals surface area contributed by atoms with Crippen molar-refractivity contribution in [1.82, 2.24) is 4.90 Å². The first kappa shape index (κ1) is 19.4. The van der Waals surface area contributed by atoms with Crippen molar-refractivity contribution in [2.75, 3.05) is 6.61 Å². The van der Waals surface area contributed by atoms with E-state index in [1.807, 2.05) is 39.9 Å². The van der Waals surface area contributed by atoms with Gasteiger partial charge in [0.2, 0.25) is 5.91 Å². The molecule has 0 saturated heterocycles. The van der Waals surface area contributed by atoms with Crippen LogP contribution >= 0.6 is 22.7 Å². The number of carbonyl (C=O) groups excluding carboxylic acids is 2. The number of thiophene rings is 2. The molecular formula is C17H23N3O3S2. The number of carbonyl (C=O) groups is 2. The molecular weight excluding hydrogens is 358 g/mol. The van der Waals surface area contributed by atoms with Crippen molar-refractivity contribution in [2.45, 2.75) is 38.4 Å². The lowest BCUT2D eigenvalue weighted by Crippen LogP contribution is -2.42. The van der Waals surface area contributed by atoms with Crippen molar-refractivity contribution in [2.24, 2.45) is 11.5 Å². The molecule has 0 radical (unpaired) electrons. The summed E-state index contributed by atoms with van der Waals surface area (Å²) < 4.78 is 4.68. The van der Waals surface area contributed by atoms with Gasteiger partial charge in [-0.05, 0) is 42.2 Å². The number of unbranched alkanes of at least 4 members (excludes halogenated alkanes) is 1. The van der Waals surface area contributed by atoms with Gasteiger partial charge in [-0.3, -0.25) is 4.79 Å². The maximum absolute atomic E-state index is 12.8. The van der Waals surface area contributed by atoms with Crippen LogP contribution in [-0.2, 0) is 22.6 Å². The summed E-state index contributed by atoms with van der Waals surface area (Å²) in [5, 5.41) is 4.00. The lowest BCUT2D eigenvalue weighted by molar-refractivity contribution is -0.134. The monoisotopic (exact) mass is 381 g/mol. The third-order valence-electron chi connectivity index (χ3n) is 3.64. The van der Waals surface area contributed by atoms with Gasteiger partial charge in [-0.2, -0.15) is 0 Å². The second-order valence-corrected chi connectivity index (χ2v) is 7.69. The van der Waals surface area contributed by atoms with E-state index >= 15 is 0 Å². The average Bonchev–Trinajstić information content (AvgIpc) is 3.26. The minimum Gasteiger partial charge on any atom is -0.450 e. The number of amides is 2. The van der Waals surface area contributed by atoms with Gasteiger partial charge < -0.3 is 21.1 Å². The van der Waals surface area contributed by atoms with Gasteiger partial charge in [-0.25, -0.2) is 4.79 Å². The molecule has 0 fully saturated rings. The summed E-state index contributed by atoms with van der Waals surface area (Å²) in [4.78, 5) is 27.4. The lowest BCUT2D eigenvalue weighted by atomic mass is 10.1. The predicted octanol–water partition coefficient (Wildman–Crippen LogP) is 2.93. The fourth-order valence-electron chi connectivity index (χ4n) is 2.39. The standard InChI is InChI=1S/C17H23N3O3S2/c18-15(7-1-2-8-23-17(19)22)16(21)20(11-13-5-3-9-24-13)12-14-6-4-10-25-14/h3-6,9-10,15H,1-2,7-8,11-12,18H2,(H2,19,22)/t15-/m0/s1. The molecule has 0 aromatic carbocycles. The molecule has 0 aliphatic heterocycles. The highest BCUT2D eigenvalue weighted by Gasteiger charge is 2.22. The summed E-state index contributed by atoms with van der Waals surface area (Å²) in [7, 11) is 0. The number of nitrogens with zero attached hydrogens (tertiary/aromatic N) is 1. The number of nitrogens with two attached hydrogens (primary N) is 2. The molecule has 25 heavy (non-hydrogen) atoms. The van der Waals surface area contributed by atoms with E-state index in [0.29, 0.717) is 32.4 Å². The van der Waals surface area contributed by atoms with E-state index in [1.165, 1.54) is 0 Å². The van der Waals surface area contributed by atoms with Gasteiger partial charge in [0.05, 0.1) is 25.7 Å². The molecule has 2 aromatic rings. The fourth-order valence-corrected chi connectivity index (χ4v) is 3.83. The molecule has 0 unspecified atom stereocenters. The molecule has 0 bridgehead atoms. The fraction of sp³-hybridized carbons (Fsp3) is 0.412. The number of primary amides is 1. The highest BCUT2D eigenvalue weighted by Crippen LogP contribution is 2.18. The Morgan fingerprint density at radius 2 is 1.68 bits per heavy atom. The van der Waals surface area contributed by atoms with E-state index in [4.69, 9.17) is 11.5 Å². The van der Waals surface area contributed by atoms with Gasteiger partial charge in [0.25, 0.3) is 0 Å². The van der Waals surface area contributed by atoms with Gasteiger partial charge >= 0.3 is 6.09 Å². The molecule has 0 aliphatic carbocycles. The highest BCUT2D eigenvalue weighted by atomic mass is 32.1. The van der Waals surface area contributed by atoms with E-state index < -0.39 is 12.1 Å². The smallest absolute Gasteiger partial charge is 0.404 e. The van der Waals surface area contributed by atoms with Gasteiger partial charge in [0, 0.05) is 9.75 Å². The summed E-state index contributed by atoms with van der Waals surface area (Å²) in [6, 6.07) is 7.44. The predicted molar refractivity (Wildman–Crippen MR) is 100 cm³/mol. The molecule has 6 nitrogen and oxygen atoms in total. The number of hydrogen-bond donors (Lipinski definition) is 2. The maximum Gasteiger partial charge on any atom is 0.404 e. The Balaban J connectivity index is 1.88. The first-order valence-corrected chi connectivity index (χ1v) is 9.83. The quantitative estimate of drug-likeness (QED) is 0.618. The van der Waals surface area contributed by atoms with E-state index in [-0.39, 0.29) is 12.5 Å². The normalized spacial score (nSPS) is 11.9. The van der Waals surface area contributed by atoms with Crippen LogP contribution in [-0.4, -0.2) is 29.5 Å². The molecule has 0 aliphatic rings. The van der Waals surface area contributed by atoms with E-state index in [9.17, 15) is 9.59 Å². The first-order valence-electron chi connectivity index (χ1n) is 8.07. The van der Waals surface area contributed by atoms with Crippen molar-refractivity contribution in [3.63, 3.8) is 0 Å². The third-order valence-corrected chi connectivity index (χ3v) is 5.36. The zero-order valence-corrected chi connectivity index (χ0v) is 15.6. The summed E-state index contributed by atoms with van der Waals surface area (Å²) in [6.45, 7) is 1.38. The van der Waals surface area contributed by atoms with Crippen LogP contribution in [0, 0.1) is 0 Å². The summed E-state index contributed by atoms with van der Waals surface area (Å²) in [5.41, 5.74) is 11.0. The van der Waals surface area contributed by atoms with Crippen LogP contribution in [0.3, 0.4) is 0 Å². The molecule has 2 aromatic heterocycles. The molecule has 4 N–H and O–H groups in total. The van der Waals surface area contributed by atoms with Crippen molar-refractivity contribution >= 4 is 34.7 Å². The average molecular weight is 382 g/mol. The second kappa shape index (κ2) is 10.2. The van der Waals surface area contributed by atoms with E-state index in [1.54, 1.807) is 22.7 Å². The summed E-state index contributed by atoms with van der Waals surface area (Å²) >= 11 is 3.26. The minimum atomic E-state index is -0.779. The van der Waals surface area contributed by atoms with Crippen molar-refractivity contribution in [3.8, 4) is 0 Å². The molecule has 2 amide bonds. The minimum absolute atomic E-state index is 0.0578. The zero-order chi connectivity index (χ0) is 18.1. The molecule has 1 atom stereocenters. The first-order chi connectivity index (χ1) is 12.1. The Morgan fingerprint density at radius 1 is 1.08 bits per heavy atom. The Bertz CT molecular complexity index is 608. The van der Waals surface area contributed by atoms with Gasteiger partial charge in [-0.15, -0.1) is 22.7 Å². The van der Waals surface area contributed by atoms with Crippen LogP contribution in [0.2, 0.25) is 0 Å². The number of rotatable bonds is 10. The third kappa shape index (κ3) is 6.85. The molecule has 2 heterocycles. The Kier molecular flexibility index (Phi) is 7.90. The topological polar surface area (TPSA) is 98.6 Å². The Morgan fingerprint density at radius 3 is 2.16 bits per heavy atom. The van der Waals surface area contributed by atoms with Crippen LogP contribution < -0.4 is 11.5 Å². The molecule has 8 heteroatoms. The second-order valence-electron chi connectivity index (χ2n) is 5.62. The molecule has 0 saturated carbocycles. The largest absolute Gasteiger partial charge is 0.450 e. The Hall–Kier alpha value is -1.90. The lowest BCUT2D eigenvalue weighted by Gasteiger charge is -2.25.